The van der Waals surface area contributed by atoms with Crippen molar-refractivity contribution in [3.63, 3.8) is 0 Å². The largest absolute Gasteiger partial charge is 0.508 e. The van der Waals surface area contributed by atoms with Crippen LogP contribution < -0.4 is 10.6 Å². The molecular weight excluding hydrogens is 300 g/mol. The Hall–Kier alpha value is -1.71. The molecule has 2 amide bonds. The van der Waals surface area contributed by atoms with E-state index in [0.29, 0.717) is 6.54 Å². The van der Waals surface area contributed by atoms with E-state index >= 15 is 0 Å². The van der Waals surface area contributed by atoms with Crippen LogP contribution in [0.3, 0.4) is 0 Å². The minimum Gasteiger partial charge on any atom is -0.508 e. The third-order valence-electron chi connectivity index (χ3n) is 4.18. The predicted octanol–water partition coefficient (Wildman–Crippen LogP) is 5.11. The van der Waals surface area contributed by atoms with Crippen LogP contribution in [-0.2, 0) is 6.54 Å². The molecule has 136 valence electrons. The highest BCUT2D eigenvalue weighted by Gasteiger charge is 2.00. The highest BCUT2D eigenvalue weighted by molar-refractivity contribution is 5.73. The van der Waals surface area contributed by atoms with Crippen molar-refractivity contribution in [2.24, 2.45) is 0 Å². The molecule has 0 bridgehead atoms. The molecule has 0 aliphatic rings. The van der Waals surface area contributed by atoms with E-state index < -0.39 is 0 Å². The molecule has 0 saturated heterocycles. The number of phenols is 1. The summed E-state index contributed by atoms with van der Waals surface area (Å²) >= 11 is 0. The Morgan fingerprint density at radius 2 is 1.54 bits per heavy atom. The number of carbonyl (C=O) groups is 1. The van der Waals surface area contributed by atoms with Crippen molar-refractivity contribution in [3.8, 4) is 5.75 Å². The topological polar surface area (TPSA) is 61.4 Å². The summed E-state index contributed by atoms with van der Waals surface area (Å²) in [5.41, 5.74) is 0.893. The molecule has 0 aromatic heterocycles. The number of nitrogens with one attached hydrogen (secondary N) is 2. The summed E-state index contributed by atoms with van der Waals surface area (Å²) < 4.78 is 0. The summed E-state index contributed by atoms with van der Waals surface area (Å²) in [5.74, 6) is 0.222. The van der Waals surface area contributed by atoms with Crippen LogP contribution in [0.4, 0.5) is 4.79 Å². The van der Waals surface area contributed by atoms with Crippen LogP contribution in [0.2, 0.25) is 0 Å². The lowest BCUT2D eigenvalue weighted by molar-refractivity contribution is 0.240. The number of phenolic OH excluding ortho intramolecular Hbond substituents is 1. The summed E-state index contributed by atoms with van der Waals surface area (Å²) in [6, 6.07) is 6.78. The maximum absolute atomic E-state index is 11.7. The van der Waals surface area contributed by atoms with Gasteiger partial charge in [0.2, 0.25) is 0 Å². The van der Waals surface area contributed by atoms with Crippen molar-refractivity contribution in [2.45, 2.75) is 77.7 Å². The Morgan fingerprint density at radius 3 is 2.17 bits per heavy atom. The second kappa shape index (κ2) is 13.7. The van der Waals surface area contributed by atoms with Gasteiger partial charge in [-0.05, 0) is 24.1 Å². The summed E-state index contributed by atoms with van der Waals surface area (Å²) in [5, 5.41) is 15.0. The van der Waals surface area contributed by atoms with Gasteiger partial charge in [-0.25, -0.2) is 4.79 Å². The molecule has 1 rings (SSSR count). The van der Waals surface area contributed by atoms with E-state index in [-0.39, 0.29) is 11.8 Å². The molecule has 24 heavy (non-hydrogen) atoms. The van der Waals surface area contributed by atoms with Crippen LogP contribution in [0.1, 0.15) is 76.7 Å². The van der Waals surface area contributed by atoms with E-state index in [4.69, 9.17) is 0 Å². The molecule has 0 heterocycles. The number of hydrogen-bond acceptors (Lipinski definition) is 2. The van der Waals surface area contributed by atoms with Crippen LogP contribution in [-0.4, -0.2) is 17.7 Å². The molecule has 0 fully saturated rings. The lowest BCUT2D eigenvalue weighted by Crippen LogP contribution is -2.35. The third kappa shape index (κ3) is 10.9. The van der Waals surface area contributed by atoms with Crippen LogP contribution in [0.25, 0.3) is 0 Å². The second-order valence-electron chi connectivity index (χ2n) is 6.46. The molecule has 0 atom stereocenters. The zero-order valence-corrected chi connectivity index (χ0v) is 15.2. The average molecular weight is 335 g/mol. The van der Waals surface area contributed by atoms with Crippen LogP contribution >= 0.6 is 0 Å². The number of urea groups is 1. The van der Waals surface area contributed by atoms with E-state index in [0.717, 1.165) is 18.5 Å². The lowest BCUT2D eigenvalue weighted by Gasteiger charge is -2.08. The number of hydrogen-bond donors (Lipinski definition) is 3. The summed E-state index contributed by atoms with van der Waals surface area (Å²) in [4.78, 5) is 11.7. The molecule has 4 heteroatoms. The van der Waals surface area contributed by atoms with E-state index in [2.05, 4.69) is 17.6 Å². The zero-order valence-electron chi connectivity index (χ0n) is 15.2. The number of unbranched alkanes of at least 4 members (excludes halogenated alkanes) is 9. The third-order valence-corrected chi connectivity index (χ3v) is 4.18. The molecule has 0 unspecified atom stereocenters. The van der Waals surface area contributed by atoms with Gasteiger partial charge in [-0.2, -0.15) is 0 Å². The van der Waals surface area contributed by atoms with E-state index in [1.54, 1.807) is 18.2 Å². The fourth-order valence-electron chi connectivity index (χ4n) is 2.73. The van der Waals surface area contributed by atoms with Gasteiger partial charge < -0.3 is 15.7 Å². The number of aromatic hydroxyl groups is 1. The molecule has 0 spiro atoms. The molecule has 3 N–H and O–H groups in total. The molecule has 0 aliphatic heterocycles. The van der Waals surface area contributed by atoms with Crippen molar-refractivity contribution in [1.82, 2.24) is 10.6 Å². The van der Waals surface area contributed by atoms with Crippen molar-refractivity contribution < 1.29 is 9.90 Å². The van der Waals surface area contributed by atoms with Gasteiger partial charge in [0.05, 0.1) is 0 Å². The summed E-state index contributed by atoms with van der Waals surface area (Å²) in [6.45, 7) is 3.40. The summed E-state index contributed by atoms with van der Waals surface area (Å²) in [7, 11) is 0. The maximum atomic E-state index is 11.7. The van der Waals surface area contributed by atoms with Gasteiger partial charge in [0.15, 0.2) is 0 Å². The van der Waals surface area contributed by atoms with E-state index in [1.165, 1.54) is 57.8 Å². The second-order valence-corrected chi connectivity index (χ2v) is 6.46. The van der Waals surface area contributed by atoms with Gasteiger partial charge in [-0.15, -0.1) is 0 Å². The molecule has 0 radical (unpaired) electrons. The van der Waals surface area contributed by atoms with E-state index in [9.17, 15) is 9.90 Å². The van der Waals surface area contributed by atoms with Crippen molar-refractivity contribution in [2.75, 3.05) is 6.54 Å². The Labute approximate surface area is 147 Å². The van der Waals surface area contributed by atoms with Gasteiger partial charge in [0.1, 0.15) is 5.75 Å². The molecule has 1 aromatic rings. The van der Waals surface area contributed by atoms with Gasteiger partial charge in [0.25, 0.3) is 0 Å². The Bertz CT molecular complexity index is 449. The summed E-state index contributed by atoms with van der Waals surface area (Å²) in [6.07, 6.45) is 13.0. The van der Waals surface area contributed by atoms with Crippen molar-refractivity contribution in [3.05, 3.63) is 29.8 Å². The van der Waals surface area contributed by atoms with E-state index in [1.807, 2.05) is 6.07 Å². The minimum atomic E-state index is -0.144. The first kappa shape index (κ1) is 20.3. The average Bonchev–Trinajstić information content (AvgIpc) is 2.58. The van der Waals surface area contributed by atoms with Crippen LogP contribution in [0, 0.1) is 0 Å². The molecule has 0 saturated carbocycles. The molecule has 4 nitrogen and oxygen atoms in total. The molecular formula is C20H34N2O2. The normalized spacial score (nSPS) is 10.5. The number of benzene rings is 1. The number of amides is 2. The van der Waals surface area contributed by atoms with Gasteiger partial charge >= 0.3 is 6.03 Å². The predicted molar refractivity (Wildman–Crippen MR) is 100 cm³/mol. The number of rotatable bonds is 13. The Balaban J connectivity index is 1.89. The van der Waals surface area contributed by atoms with Crippen molar-refractivity contribution >= 4 is 6.03 Å². The monoisotopic (exact) mass is 334 g/mol. The quantitative estimate of drug-likeness (QED) is 0.439. The fourth-order valence-corrected chi connectivity index (χ4v) is 2.73. The first-order chi connectivity index (χ1) is 11.7. The fraction of sp³-hybridized carbons (Fsp3) is 0.650. The van der Waals surface area contributed by atoms with Gasteiger partial charge in [-0.3, -0.25) is 0 Å². The Kier molecular flexibility index (Phi) is 11.6. The highest BCUT2D eigenvalue weighted by Crippen LogP contribution is 2.11. The standard InChI is InChI=1S/C20H34N2O2/c1-2-3-4-5-6-7-8-9-10-11-15-21-20(24)22-17-18-13-12-14-19(23)16-18/h12-14,16,23H,2-11,15,17H2,1H3,(H2,21,22,24). The van der Waals surface area contributed by atoms with Crippen LogP contribution in [0.5, 0.6) is 5.75 Å². The Morgan fingerprint density at radius 1 is 0.917 bits per heavy atom. The SMILES string of the molecule is CCCCCCCCCCCCNC(=O)NCc1cccc(O)c1. The first-order valence-corrected chi connectivity index (χ1v) is 9.52. The lowest BCUT2D eigenvalue weighted by atomic mass is 10.1. The van der Waals surface area contributed by atoms with Crippen LogP contribution in [0.15, 0.2) is 24.3 Å². The minimum absolute atomic E-state index is 0.144. The first-order valence-electron chi connectivity index (χ1n) is 9.52. The highest BCUT2D eigenvalue weighted by atomic mass is 16.3. The number of carbonyl (C=O) groups excluding carboxylic acids is 1. The van der Waals surface area contributed by atoms with Gasteiger partial charge in [-0.1, -0.05) is 76.8 Å². The van der Waals surface area contributed by atoms with Gasteiger partial charge in [0, 0.05) is 13.1 Å². The zero-order chi connectivity index (χ0) is 17.5. The smallest absolute Gasteiger partial charge is 0.315 e. The molecule has 1 aromatic carbocycles. The maximum Gasteiger partial charge on any atom is 0.315 e. The molecule has 0 aliphatic carbocycles. The van der Waals surface area contributed by atoms with Crippen molar-refractivity contribution in [1.29, 1.82) is 0 Å².